The first-order chi connectivity index (χ1) is 6.41. The van der Waals surface area contributed by atoms with Gasteiger partial charge in [0.25, 0.3) is 0 Å². The Bertz CT molecular complexity index is 209. The lowest BCUT2D eigenvalue weighted by atomic mass is 10.1. The number of rotatable bonds is 2. The molecule has 0 spiro atoms. The minimum Gasteiger partial charge on any atom is -0.338 e. The molecule has 0 aliphatic heterocycles. The van der Waals surface area contributed by atoms with Crippen molar-refractivity contribution in [3.8, 4) is 0 Å². The van der Waals surface area contributed by atoms with Gasteiger partial charge in [-0.25, -0.2) is 0 Å². The molecule has 0 heterocycles. The predicted molar refractivity (Wildman–Crippen MR) is 45.7 cm³/mol. The number of hydrogen-bond acceptors (Lipinski definition) is 1. The zero-order valence-electron chi connectivity index (χ0n) is 8.10. The van der Waals surface area contributed by atoms with Gasteiger partial charge < -0.3 is 4.90 Å². The summed E-state index contributed by atoms with van der Waals surface area (Å²) in [5.41, 5.74) is 0. The summed E-state index contributed by atoms with van der Waals surface area (Å²) in [6.07, 6.45) is -0.713. The minimum absolute atomic E-state index is 0.234. The van der Waals surface area contributed by atoms with Crippen LogP contribution in [0.2, 0.25) is 0 Å². The average molecular weight is 209 g/mol. The molecule has 0 unspecified atom stereocenters. The molecule has 1 amide bonds. The number of amides is 1. The van der Waals surface area contributed by atoms with Gasteiger partial charge in [-0.2, -0.15) is 13.2 Å². The summed E-state index contributed by atoms with van der Waals surface area (Å²) in [5.74, 6) is -1.48. The van der Waals surface area contributed by atoms with Gasteiger partial charge in [-0.1, -0.05) is 12.8 Å². The smallest absolute Gasteiger partial charge is 0.338 e. The number of carbonyl (C=O) groups excluding carboxylic acids is 1. The predicted octanol–water partition coefficient (Wildman–Crippen LogP) is 2.20. The lowest BCUT2D eigenvalue weighted by Gasteiger charge is -2.21. The van der Waals surface area contributed by atoms with Crippen LogP contribution in [-0.4, -0.2) is 30.6 Å². The zero-order valence-corrected chi connectivity index (χ0v) is 8.10. The van der Waals surface area contributed by atoms with Crippen LogP contribution in [0.5, 0.6) is 0 Å². The number of nitrogens with zero attached hydrogens (tertiary/aromatic N) is 1. The van der Waals surface area contributed by atoms with Gasteiger partial charge in [0.1, 0.15) is 0 Å². The quantitative estimate of drug-likeness (QED) is 0.682. The summed E-state index contributed by atoms with van der Waals surface area (Å²) in [6.45, 7) is 0.234. The van der Waals surface area contributed by atoms with Crippen molar-refractivity contribution in [1.29, 1.82) is 0 Å². The van der Waals surface area contributed by atoms with E-state index in [-0.39, 0.29) is 12.5 Å². The second-order valence-electron chi connectivity index (χ2n) is 3.83. The van der Waals surface area contributed by atoms with Crippen LogP contribution >= 0.6 is 0 Å². The Labute approximate surface area is 81.1 Å². The number of hydrogen-bond donors (Lipinski definition) is 0. The Kier molecular flexibility index (Phi) is 3.39. The Morgan fingerprint density at radius 1 is 1.36 bits per heavy atom. The van der Waals surface area contributed by atoms with Crippen LogP contribution in [-0.2, 0) is 4.79 Å². The summed E-state index contributed by atoms with van der Waals surface area (Å²) < 4.78 is 35.9. The third-order valence-corrected chi connectivity index (χ3v) is 2.60. The first kappa shape index (κ1) is 11.3. The molecule has 82 valence electrons. The summed E-state index contributed by atoms with van der Waals surface area (Å²) in [6, 6.07) is 0. The Hall–Kier alpha value is -0.740. The van der Waals surface area contributed by atoms with Crippen molar-refractivity contribution in [3.63, 3.8) is 0 Å². The molecular weight excluding hydrogens is 195 g/mol. The molecule has 0 saturated heterocycles. The molecule has 0 aromatic heterocycles. The first-order valence-corrected chi connectivity index (χ1v) is 4.73. The molecule has 0 aromatic carbocycles. The Morgan fingerprint density at radius 2 is 1.86 bits per heavy atom. The van der Waals surface area contributed by atoms with Gasteiger partial charge in [-0.05, 0) is 18.8 Å². The molecule has 0 radical (unpaired) electrons. The van der Waals surface area contributed by atoms with E-state index in [2.05, 4.69) is 0 Å². The highest BCUT2D eigenvalue weighted by Gasteiger charge is 2.41. The fraction of sp³-hybridized carbons (Fsp3) is 0.889. The average Bonchev–Trinajstić information content (AvgIpc) is 2.53. The molecule has 0 atom stereocenters. The van der Waals surface area contributed by atoms with E-state index in [4.69, 9.17) is 0 Å². The summed E-state index contributed by atoms with van der Waals surface area (Å²) in [4.78, 5) is 11.5. The molecule has 0 aromatic rings. The summed E-state index contributed by atoms with van der Waals surface area (Å²) in [5, 5.41) is 0. The summed E-state index contributed by atoms with van der Waals surface area (Å²) in [7, 11) is 1.22. The standard InChI is InChI=1S/C9H14F3NO/c1-13(8(14)9(10,11)12)6-7-4-2-3-5-7/h7H,2-6H2,1H3. The Morgan fingerprint density at radius 3 is 2.29 bits per heavy atom. The summed E-state index contributed by atoms with van der Waals surface area (Å²) >= 11 is 0. The van der Waals surface area contributed by atoms with Crippen LogP contribution < -0.4 is 0 Å². The monoisotopic (exact) mass is 209 g/mol. The number of carbonyl (C=O) groups is 1. The van der Waals surface area contributed by atoms with E-state index in [1.807, 2.05) is 0 Å². The fourth-order valence-electron chi connectivity index (χ4n) is 1.88. The van der Waals surface area contributed by atoms with Crippen molar-refractivity contribution < 1.29 is 18.0 Å². The van der Waals surface area contributed by atoms with Gasteiger partial charge in [-0.15, -0.1) is 0 Å². The van der Waals surface area contributed by atoms with E-state index in [9.17, 15) is 18.0 Å². The first-order valence-electron chi connectivity index (χ1n) is 4.73. The van der Waals surface area contributed by atoms with Crippen LogP contribution in [0.1, 0.15) is 25.7 Å². The zero-order chi connectivity index (χ0) is 10.8. The van der Waals surface area contributed by atoms with E-state index < -0.39 is 12.1 Å². The van der Waals surface area contributed by atoms with Gasteiger partial charge in [0.2, 0.25) is 0 Å². The van der Waals surface area contributed by atoms with Crippen LogP contribution in [0, 0.1) is 5.92 Å². The molecule has 0 N–H and O–H groups in total. The second kappa shape index (κ2) is 4.19. The molecule has 1 aliphatic rings. The van der Waals surface area contributed by atoms with E-state index >= 15 is 0 Å². The largest absolute Gasteiger partial charge is 0.471 e. The van der Waals surface area contributed by atoms with Gasteiger partial charge in [-0.3, -0.25) is 4.79 Å². The van der Waals surface area contributed by atoms with Gasteiger partial charge in [0, 0.05) is 13.6 Å². The highest BCUT2D eigenvalue weighted by atomic mass is 19.4. The third-order valence-electron chi connectivity index (χ3n) is 2.60. The van der Waals surface area contributed by atoms with E-state index in [0.29, 0.717) is 0 Å². The van der Waals surface area contributed by atoms with E-state index in [0.717, 1.165) is 30.6 Å². The van der Waals surface area contributed by atoms with Crippen molar-refractivity contribution in [2.24, 2.45) is 5.92 Å². The third kappa shape index (κ3) is 2.89. The van der Waals surface area contributed by atoms with Crippen LogP contribution in [0.3, 0.4) is 0 Å². The topological polar surface area (TPSA) is 20.3 Å². The minimum atomic E-state index is -4.73. The molecule has 1 fully saturated rings. The van der Waals surface area contributed by atoms with Crippen LogP contribution in [0.25, 0.3) is 0 Å². The van der Waals surface area contributed by atoms with Crippen molar-refractivity contribution in [3.05, 3.63) is 0 Å². The lowest BCUT2D eigenvalue weighted by Crippen LogP contribution is -2.40. The highest BCUT2D eigenvalue weighted by Crippen LogP contribution is 2.26. The highest BCUT2D eigenvalue weighted by molar-refractivity contribution is 5.81. The normalized spacial score (nSPS) is 18.6. The molecule has 0 bridgehead atoms. The maximum absolute atomic E-state index is 12.0. The van der Waals surface area contributed by atoms with E-state index in [1.165, 1.54) is 7.05 Å². The molecule has 14 heavy (non-hydrogen) atoms. The number of alkyl halides is 3. The molecule has 1 saturated carbocycles. The maximum atomic E-state index is 12.0. The molecule has 5 heteroatoms. The van der Waals surface area contributed by atoms with Crippen LogP contribution in [0.15, 0.2) is 0 Å². The molecular formula is C9H14F3NO. The fourth-order valence-corrected chi connectivity index (χ4v) is 1.88. The van der Waals surface area contributed by atoms with Crippen molar-refractivity contribution >= 4 is 5.91 Å². The lowest BCUT2D eigenvalue weighted by molar-refractivity contribution is -0.184. The second-order valence-corrected chi connectivity index (χ2v) is 3.83. The Balaban J connectivity index is 2.41. The van der Waals surface area contributed by atoms with Crippen molar-refractivity contribution in [2.45, 2.75) is 31.9 Å². The number of halogens is 3. The van der Waals surface area contributed by atoms with Crippen molar-refractivity contribution in [1.82, 2.24) is 4.90 Å². The van der Waals surface area contributed by atoms with Gasteiger partial charge in [0.05, 0.1) is 0 Å². The molecule has 1 aliphatic carbocycles. The van der Waals surface area contributed by atoms with Crippen LogP contribution in [0.4, 0.5) is 13.2 Å². The van der Waals surface area contributed by atoms with E-state index in [1.54, 1.807) is 0 Å². The SMILES string of the molecule is CN(CC1CCCC1)C(=O)C(F)(F)F. The van der Waals surface area contributed by atoms with Gasteiger partial charge in [0.15, 0.2) is 0 Å². The van der Waals surface area contributed by atoms with Gasteiger partial charge >= 0.3 is 12.1 Å². The maximum Gasteiger partial charge on any atom is 0.471 e. The molecule has 2 nitrogen and oxygen atoms in total. The molecule has 1 rings (SSSR count). The van der Waals surface area contributed by atoms with Crippen molar-refractivity contribution in [2.75, 3.05) is 13.6 Å².